The molecule has 0 aliphatic carbocycles. The smallest absolute Gasteiger partial charge is 0.337 e. The molecule has 11 heteroatoms. The molecular weight excluding hydrogens is 464 g/mol. The van der Waals surface area contributed by atoms with Gasteiger partial charge in [-0.15, -0.1) is 0 Å². The Hall–Kier alpha value is -3.44. The van der Waals surface area contributed by atoms with Crippen LogP contribution < -0.4 is 10.1 Å². The first kappa shape index (κ1) is 25.2. The third kappa shape index (κ3) is 5.54. The molecule has 2 aromatic carbocycles. The van der Waals surface area contributed by atoms with Crippen molar-refractivity contribution < 1.29 is 37.0 Å². The van der Waals surface area contributed by atoms with Crippen molar-refractivity contribution in [1.82, 2.24) is 4.31 Å². The second-order valence-electron chi connectivity index (χ2n) is 7.65. The SMILES string of the molecule is COC(=O)c1cc(NC(=O)[C@H]2CCCN(S(=O)(=O)c3ccc(OC)cc3)C2)cc(C(=O)OC)c1. The van der Waals surface area contributed by atoms with Crippen molar-refractivity contribution in [1.29, 1.82) is 0 Å². The lowest BCUT2D eigenvalue weighted by Gasteiger charge is -2.31. The highest BCUT2D eigenvalue weighted by atomic mass is 32.2. The van der Waals surface area contributed by atoms with Crippen molar-refractivity contribution in [2.24, 2.45) is 5.92 Å². The van der Waals surface area contributed by atoms with Crippen molar-refractivity contribution in [3.8, 4) is 5.75 Å². The summed E-state index contributed by atoms with van der Waals surface area (Å²) in [6.07, 6.45) is 0.990. The van der Waals surface area contributed by atoms with Gasteiger partial charge in [0.15, 0.2) is 0 Å². The first-order chi connectivity index (χ1) is 16.2. The van der Waals surface area contributed by atoms with Crippen LogP contribution in [0.5, 0.6) is 5.75 Å². The largest absolute Gasteiger partial charge is 0.497 e. The Morgan fingerprint density at radius 2 is 1.53 bits per heavy atom. The summed E-state index contributed by atoms with van der Waals surface area (Å²) in [7, 11) is 0.0982. The van der Waals surface area contributed by atoms with E-state index in [0.717, 1.165) is 0 Å². The lowest BCUT2D eigenvalue weighted by Crippen LogP contribution is -2.43. The van der Waals surface area contributed by atoms with E-state index in [9.17, 15) is 22.8 Å². The second-order valence-corrected chi connectivity index (χ2v) is 9.59. The molecule has 1 heterocycles. The molecule has 0 saturated carbocycles. The highest BCUT2D eigenvalue weighted by Crippen LogP contribution is 2.26. The minimum Gasteiger partial charge on any atom is -0.497 e. The van der Waals surface area contributed by atoms with Crippen molar-refractivity contribution >= 4 is 33.6 Å². The number of rotatable bonds is 7. The van der Waals surface area contributed by atoms with Gasteiger partial charge in [-0.3, -0.25) is 4.79 Å². The topological polar surface area (TPSA) is 128 Å². The van der Waals surface area contributed by atoms with Crippen LogP contribution >= 0.6 is 0 Å². The number of hydrogen-bond acceptors (Lipinski definition) is 8. The van der Waals surface area contributed by atoms with Gasteiger partial charge in [0.25, 0.3) is 0 Å². The fourth-order valence-electron chi connectivity index (χ4n) is 3.69. The molecule has 3 rings (SSSR count). The number of carbonyl (C=O) groups is 3. The molecule has 0 radical (unpaired) electrons. The molecule has 1 amide bonds. The molecule has 0 bridgehead atoms. The number of sulfonamides is 1. The van der Waals surface area contributed by atoms with Crippen LogP contribution in [0, 0.1) is 5.92 Å². The van der Waals surface area contributed by atoms with Crippen LogP contribution in [0.25, 0.3) is 0 Å². The van der Waals surface area contributed by atoms with E-state index >= 15 is 0 Å². The predicted octanol–water partition coefficient (Wildman–Crippen LogP) is 2.31. The van der Waals surface area contributed by atoms with E-state index in [2.05, 4.69) is 5.32 Å². The van der Waals surface area contributed by atoms with E-state index < -0.39 is 33.8 Å². The number of nitrogens with one attached hydrogen (secondary N) is 1. The summed E-state index contributed by atoms with van der Waals surface area (Å²) in [5, 5.41) is 2.68. The Morgan fingerprint density at radius 3 is 2.06 bits per heavy atom. The first-order valence-corrected chi connectivity index (χ1v) is 11.9. The molecule has 0 unspecified atom stereocenters. The molecule has 182 valence electrons. The quantitative estimate of drug-likeness (QED) is 0.586. The number of ether oxygens (including phenoxy) is 3. The molecular formula is C23H26N2O8S. The number of hydrogen-bond donors (Lipinski definition) is 1. The van der Waals surface area contributed by atoms with Crippen LogP contribution in [0.15, 0.2) is 47.4 Å². The Morgan fingerprint density at radius 1 is 0.941 bits per heavy atom. The van der Waals surface area contributed by atoms with Crippen LogP contribution in [0.3, 0.4) is 0 Å². The zero-order valence-electron chi connectivity index (χ0n) is 19.1. The number of anilines is 1. The number of methoxy groups -OCH3 is 3. The van der Waals surface area contributed by atoms with Crippen LogP contribution in [-0.2, 0) is 24.3 Å². The van der Waals surface area contributed by atoms with Crippen molar-refractivity contribution in [3.63, 3.8) is 0 Å². The highest BCUT2D eigenvalue weighted by molar-refractivity contribution is 7.89. The molecule has 1 saturated heterocycles. The number of benzene rings is 2. The lowest BCUT2D eigenvalue weighted by molar-refractivity contribution is -0.120. The number of piperidine rings is 1. The van der Waals surface area contributed by atoms with Gasteiger partial charge in [-0.25, -0.2) is 18.0 Å². The predicted molar refractivity (Wildman–Crippen MR) is 122 cm³/mol. The van der Waals surface area contributed by atoms with Gasteiger partial charge in [-0.1, -0.05) is 0 Å². The summed E-state index contributed by atoms with van der Waals surface area (Å²) in [5.41, 5.74) is 0.324. The third-order valence-electron chi connectivity index (χ3n) is 5.49. The average molecular weight is 491 g/mol. The summed E-state index contributed by atoms with van der Waals surface area (Å²) in [6, 6.07) is 10.1. The maximum absolute atomic E-state index is 13.1. The molecule has 34 heavy (non-hydrogen) atoms. The van der Waals surface area contributed by atoms with E-state index in [1.165, 1.54) is 56.0 Å². The van der Waals surface area contributed by atoms with Gasteiger partial charge in [-0.05, 0) is 55.3 Å². The van der Waals surface area contributed by atoms with Gasteiger partial charge in [0.05, 0.1) is 43.3 Å². The van der Waals surface area contributed by atoms with Gasteiger partial charge < -0.3 is 19.5 Å². The Labute approximate surface area is 197 Å². The second kappa shape index (κ2) is 10.7. The van der Waals surface area contributed by atoms with Gasteiger partial charge >= 0.3 is 11.9 Å². The normalized spacial score (nSPS) is 16.4. The van der Waals surface area contributed by atoms with E-state index in [0.29, 0.717) is 25.1 Å². The monoisotopic (exact) mass is 490 g/mol. The lowest BCUT2D eigenvalue weighted by atomic mass is 9.98. The number of carbonyl (C=O) groups excluding carboxylic acids is 3. The molecule has 1 N–H and O–H groups in total. The molecule has 1 fully saturated rings. The number of amides is 1. The van der Waals surface area contributed by atoms with Gasteiger partial charge in [-0.2, -0.15) is 4.31 Å². The van der Waals surface area contributed by atoms with E-state index in [1.807, 2.05) is 0 Å². The summed E-state index contributed by atoms with van der Waals surface area (Å²) in [5.74, 6) is -1.88. The molecule has 0 aromatic heterocycles. The molecule has 1 aliphatic rings. The van der Waals surface area contributed by atoms with Crippen LogP contribution in [0.4, 0.5) is 5.69 Å². The highest BCUT2D eigenvalue weighted by Gasteiger charge is 2.33. The molecule has 1 atom stereocenters. The number of nitrogens with zero attached hydrogens (tertiary/aromatic N) is 1. The maximum atomic E-state index is 13.1. The Bertz CT molecular complexity index is 1140. The van der Waals surface area contributed by atoms with Crippen LogP contribution in [-0.4, -0.2) is 65.0 Å². The molecule has 1 aliphatic heterocycles. The van der Waals surface area contributed by atoms with Gasteiger partial charge in [0.1, 0.15) is 5.75 Å². The fraction of sp³-hybridized carbons (Fsp3) is 0.348. The van der Waals surface area contributed by atoms with Gasteiger partial charge in [0.2, 0.25) is 15.9 Å². The zero-order valence-corrected chi connectivity index (χ0v) is 19.9. The van der Waals surface area contributed by atoms with E-state index in [1.54, 1.807) is 12.1 Å². The fourth-order valence-corrected chi connectivity index (χ4v) is 5.21. The summed E-state index contributed by atoms with van der Waals surface area (Å²) in [4.78, 5) is 37.0. The van der Waals surface area contributed by atoms with E-state index in [-0.39, 0.29) is 28.3 Å². The van der Waals surface area contributed by atoms with Crippen molar-refractivity contribution in [2.45, 2.75) is 17.7 Å². The maximum Gasteiger partial charge on any atom is 0.337 e. The third-order valence-corrected chi connectivity index (χ3v) is 7.37. The molecule has 10 nitrogen and oxygen atoms in total. The van der Waals surface area contributed by atoms with E-state index in [4.69, 9.17) is 14.2 Å². The van der Waals surface area contributed by atoms with Crippen molar-refractivity contribution in [3.05, 3.63) is 53.6 Å². The van der Waals surface area contributed by atoms with Crippen molar-refractivity contribution in [2.75, 3.05) is 39.7 Å². The standard InChI is InChI=1S/C23H26N2O8S/c1-31-19-6-8-20(9-7-19)34(29,30)25-10-4-5-15(14-25)21(26)24-18-12-16(22(27)32-2)11-17(13-18)23(28)33-3/h6-9,11-13,15H,4-5,10,14H2,1-3H3,(H,24,26)/t15-/m0/s1. The average Bonchev–Trinajstić information content (AvgIpc) is 2.87. The molecule has 2 aromatic rings. The van der Waals surface area contributed by atoms with Gasteiger partial charge in [0, 0.05) is 18.8 Å². The Kier molecular flexibility index (Phi) is 7.90. The zero-order chi connectivity index (χ0) is 24.9. The Balaban J connectivity index is 1.78. The van der Waals surface area contributed by atoms with Crippen LogP contribution in [0.2, 0.25) is 0 Å². The van der Waals surface area contributed by atoms with Crippen LogP contribution in [0.1, 0.15) is 33.6 Å². The summed E-state index contributed by atoms with van der Waals surface area (Å²) in [6.45, 7) is 0.295. The summed E-state index contributed by atoms with van der Waals surface area (Å²) < 4.78 is 41.9. The minimum absolute atomic E-state index is 0.000741. The minimum atomic E-state index is -3.79. The molecule has 0 spiro atoms. The first-order valence-electron chi connectivity index (χ1n) is 10.5. The number of esters is 2. The summed E-state index contributed by atoms with van der Waals surface area (Å²) >= 11 is 0.